The summed E-state index contributed by atoms with van der Waals surface area (Å²) in [6.45, 7) is 0. The van der Waals surface area contributed by atoms with Crippen molar-refractivity contribution in [3.8, 4) is 10.7 Å². The fourth-order valence-electron chi connectivity index (χ4n) is 2.01. The zero-order valence-corrected chi connectivity index (χ0v) is 12.7. The molecule has 3 rings (SSSR count). The van der Waals surface area contributed by atoms with Gasteiger partial charge in [0.15, 0.2) is 11.0 Å². The summed E-state index contributed by atoms with van der Waals surface area (Å²) in [6, 6.07) is 4.06. The topological polar surface area (TPSA) is 69.6 Å². The van der Waals surface area contributed by atoms with Crippen LogP contribution in [0.2, 0.25) is 0 Å². The zero-order chi connectivity index (χ0) is 13.9. The number of anilines is 1. The third-order valence-electron chi connectivity index (χ3n) is 3.00. The van der Waals surface area contributed by atoms with E-state index in [2.05, 4.69) is 15.1 Å². The molecule has 0 aliphatic carbocycles. The molecule has 0 saturated heterocycles. The van der Waals surface area contributed by atoms with Crippen molar-refractivity contribution >= 4 is 27.8 Å². The van der Waals surface area contributed by atoms with Crippen LogP contribution in [-0.4, -0.2) is 19.7 Å². The lowest BCUT2D eigenvalue weighted by Gasteiger charge is -1.98. The molecule has 2 N–H and O–H groups in total. The number of nitrogens with zero attached hydrogens (tertiary/aromatic N) is 4. The second kappa shape index (κ2) is 5.72. The SMILES string of the molecule is Cn1nc(-c2cccs2)nc1CCCc1csc(N)n1. The van der Waals surface area contributed by atoms with Gasteiger partial charge in [-0.25, -0.2) is 9.97 Å². The van der Waals surface area contributed by atoms with Gasteiger partial charge in [0, 0.05) is 18.8 Å². The maximum absolute atomic E-state index is 5.63. The average Bonchev–Trinajstić information content (AvgIpc) is 3.12. The molecule has 0 aromatic carbocycles. The lowest BCUT2D eigenvalue weighted by molar-refractivity contribution is 0.668. The molecule has 0 saturated carbocycles. The summed E-state index contributed by atoms with van der Waals surface area (Å²) in [4.78, 5) is 9.98. The summed E-state index contributed by atoms with van der Waals surface area (Å²) in [5.74, 6) is 1.83. The van der Waals surface area contributed by atoms with Gasteiger partial charge in [-0.05, 0) is 24.3 Å². The summed E-state index contributed by atoms with van der Waals surface area (Å²) in [5, 5.41) is 9.16. The highest BCUT2D eigenvalue weighted by Gasteiger charge is 2.10. The van der Waals surface area contributed by atoms with E-state index >= 15 is 0 Å². The van der Waals surface area contributed by atoms with Gasteiger partial charge in [0.05, 0.1) is 10.6 Å². The van der Waals surface area contributed by atoms with Gasteiger partial charge in [0.1, 0.15) is 5.82 Å². The number of thiophene rings is 1. The Morgan fingerprint density at radius 3 is 2.85 bits per heavy atom. The molecule has 5 nitrogen and oxygen atoms in total. The number of nitrogens with two attached hydrogens (primary N) is 1. The average molecular weight is 305 g/mol. The van der Waals surface area contributed by atoms with Crippen LogP contribution in [0.25, 0.3) is 10.7 Å². The third-order valence-corrected chi connectivity index (χ3v) is 4.59. The molecule has 7 heteroatoms. The number of hydrogen-bond acceptors (Lipinski definition) is 6. The van der Waals surface area contributed by atoms with Gasteiger partial charge in [-0.15, -0.1) is 22.7 Å². The molecule has 0 atom stereocenters. The third kappa shape index (κ3) is 2.88. The van der Waals surface area contributed by atoms with Gasteiger partial charge >= 0.3 is 0 Å². The van der Waals surface area contributed by atoms with Crippen LogP contribution in [0.4, 0.5) is 5.13 Å². The van der Waals surface area contributed by atoms with Crippen LogP contribution in [0.1, 0.15) is 17.9 Å². The van der Waals surface area contributed by atoms with Gasteiger partial charge in [-0.1, -0.05) is 6.07 Å². The number of nitrogen functional groups attached to an aromatic ring is 1. The van der Waals surface area contributed by atoms with Gasteiger partial charge in [-0.3, -0.25) is 4.68 Å². The smallest absolute Gasteiger partial charge is 0.191 e. The second-order valence-electron chi connectivity index (χ2n) is 4.48. The molecule has 0 aliphatic rings. The number of aromatic nitrogens is 4. The summed E-state index contributed by atoms with van der Waals surface area (Å²) >= 11 is 3.15. The molecular weight excluding hydrogens is 290 g/mol. The Balaban J connectivity index is 1.63. The largest absolute Gasteiger partial charge is 0.375 e. The molecule has 0 bridgehead atoms. The zero-order valence-electron chi connectivity index (χ0n) is 11.1. The van der Waals surface area contributed by atoms with Crippen molar-refractivity contribution < 1.29 is 0 Å². The van der Waals surface area contributed by atoms with E-state index in [1.165, 1.54) is 11.3 Å². The summed E-state index contributed by atoms with van der Waals surface area (Å²) in [6.07, 6.45) is 2.82. The van der Waals surface area contributed by atoms with Crippen molar-refractivity contribution in [2.75, 3.05) is 5.73 Å². The first-order chi connectivity index (χ1) is 9.72. The maximum Gasteiger partial charge on any atom is 0.191 e. The minimum Gasteiger partial charge on any atom is -0.375 e. The summed E-state index contributed by atoms with van der Waals surface area (Å²) < 4.78 is 1.87. The van der Waals surface area contributed by atoms with Gasteiger partial charge in [0.25, 0.3) is 0 Å². The number of hydrogen-bond donors (Lipinski definition) is 1. The van der Waals surface area contributed by atoms with Crippen molar-refractivity contribution in [2.45, 2.75) is 19.3 Å². The first kappa shape index (κ1) is 13.3. The monoisotopic (exact) mass is 305 g/mol. The van der Waals surface area contributed by atoms with E-state index in [4.69, 9.17) is 5.73 Å². The Bertz CT molecular complexity index is 684. The first-order valence-electron chi connectivity index (χ1n) is 6.36. The molecule has 0 spiro atoms. The van der Waals surface area contributed by atoms with Crippen LogP contribution in [0.15, 0.2) is 22.9 Å². The second-order valence-corrected chi connectivity index (χ2v) is 6.32. The lowest BCUT2D eigenvalue weighted by atomic mass is 10.2. The van der Waals surface area contributed by atoms with Crippen LogP contribution in [0, 0.1) is 0 Å². The Morgan fingerprint density at radius 1 is 1.25 bits per heavy atom. The van der Waals surface area contributed by atoms with Crippen molar-refractivity contribution in [3.63, 3.8) is 0 Å². The van der Waals surface area contributed by atoms with Gasteiger partial charge in [0.2, 0.25) is 0 Å². The fraction of sp³-hybridized carbons (Fsp3) is 0.308. The van der Waals surface area contributed by atoms with E-state index in [1.807, 2.05) is 34.6 Å². The first-order valence-corrected chi connectivity index (χ1v) is 8.12. The molecule has 3 aromatic rings. The van der Waals surface area contributed by atoms with E-state index in [1.54, 1.807) is 11.3 Å². The van der Waals surface area contributed by atoms with Crippen molar-refractivity contribution in [1.82, 2.24) is 19.7 Å². The molecule has 3 heterocycles. The Kier molecular flexibility index (Phi) is 3.79. The van der Waals surface area contributed by atoms with E-state index < -0.39 is 0 Å². The van der Waals surface area contributed by atoms with E-state index in [9.17, 15) is 0 Å². The van der Waals surface area contributed by atoms with Crippen LogP contribution in [0.3, 0.4) is 0 Å². The number of aryl methyl sites for hydroxylation is 3. The number of thiazole rings is 1. The molecule has 0 aliphatic heterocycles. The van der Waals surface area contributed by atoms with Gasteiger partial charge in [-0.2, -0.15) is 5.10 Å². The quantitative estimate of drug-likeness (QED) is 0.787. The Hall–Kier alpha value is -1.73. The molecular formula is C13H15N5S2. The van der Waals surface area contributed by atoms with Crippen molar-refractivity contribution in [2.24, 2.45) is 7.05 Å². The molecule has 0 unspecified atom stereocenters. The Labute approximate surface area is 125 Å². The highest BCUT2D eigenvalue weighted by Crippen LogP contribution is 2.21. The predicted octanol–water partition coefficient (Wildman–Crippen LogP) is 2.76. The standard InChI is InChI=1S/C13H15N5S2/c1-18-11(6-2-4-9-8-20-13(14)15-9)16-12(17-18)10-5-3-7-19-10/h3,5,7-8H,2,4,6H2,1H3,(H2,14,15). The molecule has 3 aromatic heterocycles. The van der Waals surface area contributed by atoms with E-state index in [0.29, 0.717) is 5.13 Å². The van der Waals surface area contributed by atoms with Crippen LogP contribution in [0.5, 0.6) is 0 Å². The highest BCUT2D eigenvalue weighted by molar-refractivity contribution is 7.13. The van der Waals surface area contributed by atoms with Crippen LogP contribution in [-0.2, 0) is 19.9 Å². The van der Waals surface area contributed by atoms with E-state index in [0.717, 1.165) is 41.5 Å². The van der Waals surface area contributed by atoms with Gasteiger partial charge < -0.3 is 5.73 Å². The van der Waals surface area contributed by atoms with Crippen LogP contribution < -0.4 is 5.73 Å². The minimum absolute atomic E-state index is 0.638. The fourth-order valence-corrected chi connectivity index (χ4v) is 3.26. The Morgan fingerprint density at radius 2 is 2.15 bits per heavy atom. The lowest BCUT2D eigenvalue weighted by Crippen LogP contribution is -2.00. The highest BCUT2D eigenvalue weighted by atomic mass is 32.1. The van der Waals surface area contributed by atoms with Crippen LogP contribution >= 0.6 is 22.7 Å². The van der Waals surface area contributed by atoms with E-state index in [-0.39, 0.29) is 0 Å². The molecule has 0 fully saturated rings. The number of rotatable bonds is 5. The normalized spacial score (nSPS) is 11.1. The van der Waals surface area contributed by atoms with Crippen molar-refractivity contribution in [1.29, 1.82) is 0 Å². The summed E-state index contributed by atoms with van der Waals surface area (Å²) in [5.41, 5.74) is 6.69. The molecule has 20 heavy (non-hydrogen) atoms. The maximum atomic E-state index is 5.63. The molecule has 0 amide bonds. The molecule has 104 valence electrons. The minimum atomic E-state index is 0.638. The molecule has 0 radical (unpaired) electrons. The van der Waals surface area contributed by atoms with Crippen molar-refractivity contribution in [3.05, 3.63) is 34.4 Å². The predicted molar refractivity (Wildman–Crippen MR) is 82.9 cm³/mol. The summed E-state index contributed by atoms with van der Waals surface area (Å²) in [7, 11) is 1.94.